The molecule has 0 aliphatic carbocycles. The van der Waals surface area contributed by atoms with Crippen LogP contribution in [0.4, 0.5) is 0 Å². The van der Waals surface area contributed by atoms with Gasteiger partial charge in [0.15, 0.2) is 5.58 Å². The summed E-state index contributed by atoms with van der Waals surface area (Å²) in [5.41, 5.74) is 0.947. The van der Waals surface area contributed by atoms with Crippen LogP contribution < -0.4 is 10.5 Å². The molecule has 0 unspecified atom stereocenters. The van der Waals surface area contributed by atoms with Gasteiger partial charge in [-0.1, -0.05) is 18.2 Å². The molecule has 4 nitrogen and oxygen atoms in total. The lowest BCUT2D eigenvalue weighted by molar-refractivity contribution is -0.918. The van der Waals surface area contributed by atoms with E-state index in [1.54, 1.807) is 12.1 Å². The first-order chi connectivity index (χ1) is 11.2. The number of phenols is 1. The third-order valence-corrected chi connectivity index (χ3v) is 4.86. The second-order valence-corrected chi connectivity index (χ2v) is 6.36. The molecule has 2 aromatic carbocycles. The highest BCUT2D eigenvalue weighted by Crippen LogP contribution is 2.30. The number of nitrogens with one attached hydrogen (secondary N) is 1. The Morgan fingerprint density at radius 2 is 1.70 bits per heavy atom. The highest BCUT2D eigenvalue weighted by Gasteiger charge is 2.20. The van der Waals surface area contributed by atoms with Gasteiger partial charge in [-0.05, 0) is 42.8 Å². The Balaban J connectivity index is 1.92. The highest BCUT2D eigenvalue weighted by molar-refractivity contribution is 6.05. The fourth-order valence-corrected chi connectivity index (χ4v) is 3.64. The first kappa shape index (κ1) is 14.3. The maximum Gasteiger partial charge on any atom is 0.344 e. The Bertz CT molecular complexity index is 923. The van der Waals surface area contributed by atoms with Crippen molar-refractivity contribution < 1.29 is 14.4 Å². The number of fused-ring (bicyclic) bond motifs is 3. The minimum absolute atomic E-state index is 0.217. The molecular weight excluding hydrogens is 290 g/mol. The van der Waals surface area contributed by atoms with E-state index in [2.05, 4.69) is 0 Å². The molecule has 1 aromatic heterocycles. The van der Waals surface area contributed by atoms with Crippen LogP contribution in [0, 0.1) is 0 Å². The van der Waals surface area contributed by atoms with Gasteiger partial charge in [-0.25, -0.2) is 4.79 Å². The summed E-state index contributed by atoms with van der Waals surface area (Å²) in [6.45, 7) is 2.91. The molecule has 0 atom stereocenters. The van der Waals surface area contributed by atoms with Crippen LogP contribution >= 0.6 is 0 Å². The van der Waals surface area contributed by atoms with E-state index >= 15 is 0 Å². The summed E-state index contributed by atoms with van der Waals surface area (Å²) in [7, 11) is 0. The molecule has 2 N–H and O–H groups in total. The van der Waals surface area contributed by atoms with E-state index in [1.165, 1.54) is 24.2 Å². The molecular formula is C19H20NO3+. The molecule has 0 spiro atoms. The molecule has 0 bridgehead atoms. The molecule has 1 fully saturated rings. The molecule has 2 heterocycles. The standard InChI is InChI=1S/C19H19NO3/c21-17-9-8-14-13-6-2-3-7-15(13)19(22)23-18(14)16(17)12-20-10-4-1-5-11-20/h2-3,6-9,21H,1,4-5,10-12H2/p+1. The smallest absolute Gasteiger partial charge is 0.344 e. The van der Waals surface area contributed by atoms with Crippen molar-refractivity contribution in [2.45, 2.75) is 25.8 Å². The summed E-state index contributed by atoms with van der Waals surface area (Å²) >= 11 is 0. The van der Waals surface area contributed by atoms with E-state index in [-0.39, 0.29) is 11.4 Å². The van der Waals surface area contributed by atoms with Gasteiger partial charge in [0.2, 0.25) is 0 Å². The summed E-state index contributed by atoms with van der Waals surface area (Å²) < 4.78 is 5.60. The number of rotatable bonds is 2. The largest absolute Gasteiger partial charge is 0.507 e. The van der Waals surface area contributed by atoms with Crippen molar-refractivity contribution in [3.63, 3.8) is 0 Å². The minimum Gasteiger partial charge on any atom is -0.507 e. The third kappa shape index (κ3) is 2.49. The number of hydrogen-bond acceptors (Lipinski definition) is 3. The van der Waals surface area contributed by atoms with Gasteiger partial charge in [0.25, 0.3) is 0 Å². The number of piperidine rings is 1. The lowest BCUT2D eigenvalue weighted by Crippen LogP contribution is -3.11. The van der Waals surface area contributed by atoms with Gasteiger partial charge >= 0.3 is 5.63 Å². The fraction of sp³-hybridized carbons (Fsp3) is 0.316. The Hall–Kier alpha value is -2.33. The quantitative estimate of drug-likeness (QED) is 0.564. The number of phenolic OH excluding ortho intramolecular Hbond substituents is 1. The van der Waals surface area contributed by atoms with Crippen LogP contribution in [0.15, 0.2) is 45.6 Å². The predicted molar refractivity (Wildman–Crippen MR) is 89.9 cm³/mol. The molecule has 1 aliphatic heterocycles. The zero-order valence-corrected chi connectivity index (χ0v) is 13.0. The monoisotopic (exact) mass is 310 g/mol. The first-order valence-corrected chi connectivity index (χ1v) is 8.24. The topological polar surface area (TPSA) is 54.9 Å². The maximum absolute atomic E-state index is 12.3. The Labute approximate surface area is 133 Å². The van der Waals surface area contributed by atoms with Crippen molar-refractivity contribution in [2.24, 2.45) is 0 Å². The molecule has 0 amide bonds. The van der Waals surface area contributed by atoms with Gasteiger partial charge in [-0.15, -0.1) is 0 Å². The minimum atomic E-state index is -0.339. The average molecular weight is 310 g/mol. The summed E-state index contributed by atoms with van der Waals surface area (Å²) in [6, 6.07) is 11.0. The lowest BCUT2D eigenvalue weighted by Gasteiger charge is -2.24. The van der Waals surface area contributed by atoms with Gasteiger partial charge in [0, 0.05) is 5.39 Å². The van der Waals surface area contributed by atoms with E-state index < -0.39 is 0 Å². The van der Waals surface area contributed by atoms with E-state index in [0.29, 0.717) is 17.5 Å². The van der Waals surface area contributed by atoms with Crippen LogP contribution in [-0.4, -0.2) is 18.2 Å². The van der Waals surface area contributed by atoms with Gasteiger partial charge in [0.05, 0.1) is 24.0 Å². The molecule has 4 rings (SSSR count). The zero-order valence-electron chi connectivity index (χ0n) is 13.0. The molecule has 118 valence electrons. The molecule has 0 radical (unpaired) electrons. The van der Waals surface area contributed by atoms with Gasteiger partial charge in [-0.3, -0.25) is 0 Å². The molecule has 1 saturated heterocycles. The van der Waals surface area contributed by atoms with E-state index in [1.807, 2.05) is 24.3 Å². The van der Waals surface area contributed by atoms with Crippen molar-refractivity contribution in [3.8, 4) is 5.75 Å². The average Bonchev–Trinajstić information content (AvgIpc) is 2.59. The first-order valence-electron chi connectivity index (χ1n) is 8.24. The van der Waals surface area contributed by atoms with Crippen molar-refractivity contribution in [2.75, 3.05) is 13.1 Å². The normalized spacial score (nSPS) is 16.2. The summed E-state index contributed by atoms with van der Waals surface area (Å²) in [6.07, 6.45) is 3.71. The number of benzene rings is 2. The van der Waals surface area contributed by atoms with Crippen molar-refractivity contribution in [1.29, 1.82) is 0 Å². The van der Waals surface area contributed by atoms with Gasteiger partial charge in [0.1, 0.15) is 12.3 Å². The van der Waals surface area contributed by atoms with Crippen molar-refractivity contribution in [3.05, 3.63) is 52.4 Å². The Morgan fingerprint density at radius 3 is 2.48 bits per heavy atom. The molecule has 0 saturated carbocycles. The summed E-state index contributed by atoms with van der Waals surface area (Å²) in [5.74, 6) is 0.217. The van der Waals surface area contributed by atoms with Gasteiger partial charge in [-0.2, -0.15) is 0 Å². The number of aromatic hydroxyl groups is 1. The van der Waals surface area contributed by atoms with E-state index in [4.69, 9.17) is 4.42 Å². The predicted octanol–water partition coefficient (Wildman–Crippen LogP) is 2.22. The Morgan fingerprint density at radius 1 is 0.957 bits per heavy atom. The SMILES string of the molecule is O=c1oc2c(C[NH+]3CCCCC3)c(O)ccc2c2ccccc12. The third-order valence-electron chi connectivity index (χ3n) is 4.86. The zero-order chi connectivity index (χ0) is 15.8. The molecule has 4 heteroatoms. The van der Waals surface area contributed by atoms with Crippen LogP contribution in [0.2, 0.25) is 0 Å². The fourth-order valence-electron chi connectivity index (χ4n) is 3.64. The molecule has 3 aromatic rings. The number of hydrogen-bond donors (Lipinski definition) is 2. The van der Waals surface area contributed by atoms with Gasteiger partial charge < -0.3 is 14.4 Å². The summed E-state index contributed by atoms with van der Waals surface area (Å²) in [4.78, 5) is 13.7. The summed E-state index contributed by atoms with van der Waals surface area (Å²) in [5, 5.41) is 12.7. The maximum atomic E-state index is 12.3. The molecule has 23 heavy (non-hydrogen) atoms. The van der Waals surface area contributed by atoms with Crippen LogP contribution in [0.1, 0.15) is 24.8 Å². The number of likely N-dealkylation sites (tertiary alicyclic amines) is 1. The van der Waals surface area contributed by atoms with E-state index in [0.717, 1.165) is 29.4 Å². The van der Waals surface area contributed by atoms with Crippen LogP contribution in [-0.2, 0) is 6.54 Å². The van der Waals surface area contributed by atoms with Crippen LogP contribution in [0.25, 0.3) is 21.7 Å². The highest BCUT2D eigenvalue weighted by atomic mass is 16.4. The van der Waals surface area contributed by atoms with Crippen LogP contribution in [0.3, 0.4) is 0 Å². The van der Waals surface area contributed by atoms with Crippen molar-refractivity contribution >= 4 is 21.7 Å². The second kappa shape index (κ2) is 5.70. The second-order valence-electron chi connectivity index (χ2n) is 6.36. The van der Waals surface area contributed by atoms with E-state index in [9.17, 15) is 9.90 Å². The Kier molecular flexibility index (Phi) is 3.54. The lowest BCUT2D eigenvalue weighted by atomic mass is 10.0. The number of quaternary nitrogens is 1. The van der Waals surface area contributed by atoms with Crippen molar-refractivity contribution in [1.82, 2.24) is 0 Å². The molecule has 1 aliphatic rings. The van der Waals surface area contributed by atoms with Crippen LogP contribution in [0.5, 0.6) is 5.75 Å².